The number of ether oxygens (including phenoxy) is 2. The third-order valence-corrected chi connectivity index (χ3v) is 3.89. The van der Waals surface area contributed by atoms with Crippen molar-refractivity contribution in [1.29, 1.82) is 0 Å². The monoisotopic (exact) mass is 330 g/mol. The van der Waals surface area contributed by atoms with Crippen molar-refractivity contribution in [3.63, 3.8) is 0 Å². The van der Waals surface area contributed by atoms with Gasteiger partial charge in [0.2, 0.25) is 0 Å². The van der Waals surface area contributed by atoms with Gasteiger partial charge in [-0.3, -0.25) is 9.69 Å². The highest BCUT2D eigenvalue weighted by atomic mass is 32.1. The highest BCUT2D eigenvalue weighted by molar-refractivity contribution is 7.80. The Morgan fingerprint density at radius 2 is 2.00 bits per heavy atom. The van der Waals surface area contributed by atoms with Crippen LogP contribution in [0, 0.1) is 12.3 Å². The minimum atomic E-state index is -0.136. The van der Waals surface area contributed by atoms with E-state index < -0.39 is 0 Å². The molecule has 6 heteroatoms. The maximum absolute atomic E-state index is 12.2. The standard InChI is InChI=1S/C17H18N2O3S/c1-5-9-22-14-8-7-12(11-15(14)21-6-2)10-13-16(20)19(4)17(23)18(13)3/h1,7-8,10-11H,6,9H2,2-4H3. The molecule has 0 radical (unpaired) electrons. The molecule has 2 rings (SSSR count). The molecule has 1 aliphatic rings. The fourth-order valence-corrected chi connectivity index (χ4v) is 2.35. The quantitative estimate of drug-likeness (QED) is 0.470. The van der Waals surface area contributed by atoms with E-state index in [0.29, 0.717) is 28.9 Å². The van der Waals surface area contributed by atoms with Crippen molar-refractivity contribution in [2.75, 3.05) is 27.3 Å². The van der Waals surface area contributed by atoms with Gasteiger partial charge in [-0.25, -0.2) is 0 Å². The smallest absolute Gasteiger partial charge is 0.276 e. The molecule has 0 spiro atoms. The summed E-state index contributed by atoms with van der Waals surface area (Å²) in [6.07, 6.45) is 6.98. The largest absolute Gasteiger partial charge is 0.490 e. The number of nitrogens with zero attached hydrogens (tertiary/aromatic N) is 2. The van der Waals surface area contributed by atoms with Crippen molar-refractivity contribution in [2.45, 2.75) is 6.92 Å². The number of amides is 1. The second kappa shape index (κ2) is 7.16. The van der Waals surface area contributed by atoms with Crippen molar-refractivity contribution < 1.29 is 14.3 Å². The molecule has 0 aromatic heterocycles. The van der Waals surface area contributed by atoms with E-state index in [4.69, 9.17) is 28.1 Å². The Balaban J connectivity index is 2.35. The average molecular weight is 330 g/mol. The first-order chi connectivity index (χ1) is 11.0. The van der Waals surface area contributed by atoms with Gasteiger partial charge in [-0.1, -0.05) is 12.0 Å². The molecule has 1 saturated heterocycles. The number of carbonyl (C=O) groups excluding carboxylic acids is 1. The highest BCUT2D eigenvalue weighted by Gasteiger charge is 2.32. The Morgan fingerprint density at radius 3 is 2.57 bits per heavy atom. The molecule has 1 aromatic carbocycles. The van der Waals surface area contributed by atoms with Gasteiger partial charge < -0.3 is 14.4 Å². The molecule has 120 valence electrons. The average Bonchev–Trinajstić information content (AvgIpc) is 2.72. The number of likely N-dealkylation sites (N-methyl/N-ethyl adjacent to an activating group) is 2. The molecule has 0 N–H and O–H groups in total. The SMILES string of the molecule is C#CCOc1ccc(C=C2C(=O)N(C)C(=S)N2C)cc1OCC. The number of hydrogen-bond donors (Lipinski definition) is 0. The fraction of sp³-hybridized carbons (Fsp3) is 0.294. The van der Waals surface area contributed by atoms with E-state index in [1.54, 1.807) is 31.1 Å². The minimum absolute atomic E-state index is 0.136. The predicted molar refractivity (Wildman–Crippen MR) is 93.0 cm³/mol. The molecule has 5 nitrogen and oxygen atoms in total. The molecule has 1 aliphatic heterocycles. The van der Waals surface area contributed by atoms with Crippen LogP contribution in [-0.4, -0.2) is 48.1 Å². The third kappa shape index (κ3) is 3.46. The predicted octanol–water partition coefficient (Wildman–Crippen LogP) is 2.13. The maximum atomic E-state index is 12.2. The van der Waals surface area contributed by atoms with Crippen molar-refractivity contribution >= 4 is 29.3 Å². The van der Waals surface area contributed by atoms with Crippen molar-refractivity contribution in [3.8, 4) is 23.8 Å². The van der Waals surface area contributed by atoms with Crippen LogP contribution in [0.3, 0.4) is 0 Å². The molecule has 0 saturated carbocycles. The minimum Gasteiger partial charge on any atom is -0.490 e. The number of benzene rings is 1. The second-order valence-electron chi connectivity index (χ2n) is 4.87. The zero-order valence-corrected chi connectivity index (χ0v) is 14.1. The summed E-state index contributed by atoms with van der Waals surface area (Å²) in [6.45, 7) is 2.55. The van der Waals surface area contributed by atoms with Gasteiger partial charge in [-0.05, 0) is 42.9 Å². The molecule has 0 aliphatic carbocycles. The molecule has 1 fully saturated rings. The molecule has 23 heavy (non-hydrogen) atoms. The maximum Gasteiger partial charge on any atom is 0.276 e. The van der Waals surface area contributed by atoms with E-state index in [9.17, 15) is 4.79 Å². The van der Waals surface area contributed by atoms with Gasteiger partial charge in [0.15, 0.2) is 16.6 Å². The van der Waals surface area contributed by atoms with Gasteiger partial charge >= 0.3 is 0 Å². The molecule has 1 heterocycles. The normalized spacial score (nSPS) is 16.0. The third-order valence-electron chi connectivity index (χ3n) is 3.34. The van der Waals surface area contributed by atoms with Crippen LogP contribution in [0.25, 0.3) is 6.08 Å². The molecular weight excluding hydrogens is 312 g/mol. The molecule has 0 bridgehead atoms. The first-order valence-electron chi connectivity index (χ1n) is 7.10. The lowest BCUT2D eigenvalue weighted by molar-refractivity contribution is -0.121. The number of terminal acetylenes is 1. The number of hydrogen-bond acceptors (Lipinski definition) is 4. The summed E-state index contributed by atoms with van der Waals surface area (Å²) in [6, 6.07) is 5.42. The van der Waals surface area contributed by atoms with Crippen molar-refractivity contribution in [3.05, 3.63) is 29.5 Å². The van der Waals surface area contributed by atoms with Crippen molar-refractivity contribution in [1.82, 2.24) is 9.80 Å². The lowest BCUT2D eigenvalue weighted by Gasteiger charge is -2.12. The summed E-state index contributed by atoms with van der Waals surface area (Å²) in [5.74, 6) is 3.44. The Labute approximate surface area is 141 Å². The zero-order chi connectivity index (χ0) is 17.0. The molecule has 0 atom stereocenters. The summed E-state index contributed by atoms with van der Waals surface area (Å²) in [4.78, 5) is 15.3. The van der Waals surface area contributed by atoms with Crippen LogP contribution in [-0.2, 0) is 4.79 Å². The Hall–Kier alpha value is -2.52. The first kappa shape index (κ1) is 16.8. The molecule has 0 unspecified atom stereocenters. The van der Waals surface area contributed by atoms with E-state index in [1.165, 1.54) is 4.90 Å². The van der Waals surface area contributed by atoms with Gasteiger partial charge in [0.25, 0.3) is 5.91 Å². The van der Waals surface area contributed by atoms with Crippen LogP contribution in [0.2, 0.25) is 0 Å². The van der Waals surface area contributed by atoms with E-state index in [1.807, 2.05) is 19.1 Å². The van der Waals surface area contributed by atoms with Crippen molar-refractivity contribution in [2.24, 2.45) is 0 Å². The van der Waals surface area contributed by atoms with Crippen LogP contribution in [0.1, 0.15) is 12.5 Å². The van der Waals surface area contributed by atoms with Crippen LogP contribution >= 0.6 is 12.2 Å². The lowest BCUT2D eigenvalue weighted by Crippen LogP contribution is -2.26. The topological polar surface area (TPSA) is 42.0 Å². The Bertz CT molecular complexity index is 706. The molecule has 1 amide bonds. The number of thiocarbonyl (C=S) groups is 1. The van der Waals surface area contributed by atoms with Crippen LogP contribution in [0.5, 0.6) is 11.5 Å². The molecule has 1 aromatic rings. The zero-order valence-electron chi connectivity index (χ0n) is 13.3. The molecular formula is C17H18N2O3S. The summed E-state index contributed by atoms with van der Waals surface area (Å²) in [5, 5.41) is 0.472. The second-order valence-corrected chi connectivity index (χ2v) is 5.23. The van der Waals surface area contributed by atoms with Gasteiger partial charge in [0.1, 0.15) is 12.3 Å². The van der Waals surface area contributed by atoms with E-state index in [0.717, 1.165) is 5.56 Å². The van der Waals surface area contributed by atoms with Crippen LogP contribution in [0.15, 0.2) is 23.9 Å². The summed E-state index contributed by atoms with van der Waals surface area (Å²) in [7, 11) is 3.42. The van der Waals surface area contributed by atoms with Gasteiger partial charge in [-0.2, -0.15) is 0 Å². The Morgan fingerprint density at radius 1 is 1.26 bits per heavy atom. The van der Waals surface area contributed by atoms with Gasteiger partial charge in [0.05, 0.1) is 6.61 Å². The number of rotatable bonds is 5. The summed E-state index contributed by atoms with van der Waals surface area (Å²) in [5.41, 5.74) is 1.33. The van der Waals surface area contributed by atoms with Crippen LogP contribution in [0.4, 0.5) is 0 Å². The first-order valence-corrected chi connectivity index (χ1v) is 7.51. The van der Waals surface area contributed by atoms with E-state index in [2.05, 4.69) is 5.92 Å². The van der Waals surface area contributed by atoms with E-state index >= 15 is 0 Å². The Kier molecular flexibility index (Phi) is 5.24. The lowest BCUT2D eigenvalue weighted by atomic mass is 10.1. The van der Waals surface area contributed by atoms with E-state index in [-0.39, 0.29) is 12.5 Å². The summed E-state index contributed by atoms with van der Waals surface area (Å²) >= 11 is 5.20. The number of carbonyl (C=O) groups is 1. The van der Waals surface area contributed by atoms with Gasteiger partial charge in [-0.15, -0.1) is 6.42 Å². The van der Waals surface area contributed by atoms with Gasteiger partial charge in [0, 0.05) is 14.1 Å². The highest BCUT2D eigenvalue weighted by Crippen LogP contribution is 2.30. The summed E-state index contributed by atoms with van der Waals surface area (Å²) < 4.78 is 11.0. The van der Waals surface area contributed by atoms with Crippen LogP contribution < -0.4 is 9.47 Å². The fourth-order valence-electron chi connectivity index (χ4n) is 2.17.